The number of aliphatic hydroxyl groups excluding tert-OH is 2. The zero-order chi connectivity index (χ0) is 27.4. The Bertz CT molecular complexity index is 1270. The molecule has 4 aliphatic carbocycles. The highest BCUT2D eigenvalue weighted by atomic mass is 19.1. The van der Waals surface area contributed by atoms with E-state index in [-0.39, 0.29) is 36.5 Å². The maximum atomic E-state index is 17.4. The Balaban J connectivity index is 1.40. The number of carbonyl (C=O) groups excluding carboxylic acids is 2. The van der Waals surface area contributed by atoms with Crippen LogP contribution in [0, 0.1) is 42.4 Å². The van der Waals surface area contributed by atoms with E-state index in [1.54, 1.807) is 12.0 Å². The Morgan fingerprint density at radius 1 is 1.26 bits per heavy atom. The summed E-state index contributed by atoms with van der Waals surface area (Å²) in [6, 6.07) is 1.91. The zero-order valence-electron chi connectivity index (χ0n) is 22.2. The van der Waals surface area contributed by atoms with E-state index in [0.717, 1.165) is 11.3 Å². The van der Waals surface area contributed by atoms with Crippen LogP contribution < -0.4 is 0 Å². The summed E-state index contributed by atoms with van der Waals surface area (Å²) in [7, 11) is 0. The van der Waals surface area contributed by atoms with E-state index < -0.39 is 58.3 Å². The number of carbonyl (C=O) groups is 2. The third-order valence-electron chi connectivity index (χ3n) is 10.8. The Labute approximate surface area is 220 Å². The standard InChI is InChI=1S/C29H35F2NO6/c1-15-7-19(37-16(15)2)13-32-12-17-8-20-21-10-23(30)22-9-18(34)5-6-26(22,3)28(21,31)24(35)11-27(20,4)29(17,38-32)25(36)14-33/h5-7,17,20-21,24,33,35H,8-14H2,1-4H3/t17-,20-,21-,24-,26-,27-,28-,29-/m0/s1. The van der Waals surface area contributed by atoms with Gasteiger partial charge in [-0.15, -0.1) is 0 Å². The third-order valence-corrected chi connectivity index (χ3v) is 10.8. The zero-order valence-corrected chi connectivity index (χ0v) is 22.2. The highest BCUT2D eigenvalue weighted by molar-refractivity contribution is 5.94. The average Bonchev–Trinajstić information content (AvgIpc) is 3.46. The van der Waals surface area contributed by atoms with E-state index >= 15 is 8.78 Å². The summed E-state index contributed by atoms with van der Waals surface area (Å²) < 4.78 is 38.9. The molecule has 8 atom stereocenters. The molecule has 1 saturated heterocycles. The van der Waals surface area contributed by atoms with Gasteiger partial charge in [-0.25, -0.2) is 8.78 Å². The van der Waals surface area contributed by atoms with Gasteiger partial charge in [0.05, 0.1) is 12.6 Å². The van der Waals surface area contributed by atoms with Gasteiger partial charge in [-0.05, 0) is 62.8 Å². The van der Waals surface area contributed by atoms with Gasteiger partial charge in [0, 0.05) is 42.1 Å². The predicted molar refractivity (Wildman–Crippen MR) is 132 cm³/mol. The fourth-order valence-electron chi connectivity index (χ4n) is 8.91. The lowest BCUT2D eigenvalue weighted by atomic mass is 9.45. The minimum Gasteiger partial charge on any atom is -0.465 e. The maximum Gasteiger partial charge on any atom is 0.192 e. The number of nitrogens with zero attached hydrogens (tertiary/aromatic N) is 1. The minimum absolute atomic E-state index is 0.0913. The highest BCUT2D eigenvalue weighted by Gasteiger charge is 2.79. The maximum absolute atomic E-state index is 17.4. The van der Waals surface area contributed by atoms with Crippen molar-refractivity contribution in [2.75, 3.05) is 13.2 Å². The van der Waals surface area contributed by atoms with E-state index in [1.165, 1.54) is 12.2 Å². The summed E-state index contributed by atoms with van der Waals surface area (Å²) >= 11 is 0. The first-order chi connectivity index (χ1) is 17.8. The number of rotatable bonds is 4. The Kier molecular flexibility index (Phi) is 5.59. The smallest absolute Gasteiger partial charge is 0.192 e. The van der Waals surface area contributed by atoms with Crippen LogP contribution in [0.3, 0.4) is 0 Å². The molecule has 9 heteroatoms. The second-order valence-corrected chi connectivity index (χ2v) is 12.5. The largest absolute Gasteiger partial charge is 0.465 e. The molecule has 0 bridgehead atoms. The molecule has 0 amide bonds. The molecular formula is C29H35F2NO6. The number of hydroxylamine groups is 2. The van der Waals surface area contributed by atoms with E-state index in [2.05, 4.69) is 0 Å². The first-order valence-electron chi connectivity index (χ1n) is 13.4. The summed E-state index contributed by atoms with van der Waals surface area (Å²) in [5.74, 6) is -1.63. The summed E-state index contributed by atoms with van der Waals surface area (Å²) in [5, 5.41) is 23.3. The molecule has 0 unspecified atom stereocenters. The van der Waals surface area contributed by atoms with Crippen LogP contribution in [-0.4, -0.2) is 57.4 Å². The molecule has 2 N–H and O–H groups in total. The molecule has 0 radical (unpaired) electrons. The molecule has 1 aliphatic heterocycles. The summed E-state index contributed by atoms with van der Waals surface area (Å²) in [6.45, 7) is 7.09. The quantitative estimate of drug-likeness (QED) is 0.609. The van der Waals surface area contributed by atoms with E-state index in [0.29, 0.717) is 25.3 Å². The summed E-state index contributed by atoms with van der Waals surface area (Å²) in [4.78, 5) is 32.1. The summed E-state index contributed by atoms with van der Waals surface area (Å²) in [5.41, 5.74) is -5.11. The fraction of sp³-hybridized carbons (Fsp3) is 0.655. The van der Waals surface area contributed by atoms with Crippen molar-refractivity contribution >= 4 is 11.6 Å². The Hall–Kier alpha value is -2.20. The SMILES string of the molecule is Cc1cc(CN2C[C@@H]3C[C@H]4[C@@H]5CC(F)=C6CC(=O)C=C[C@]6(C)[C@@]5(F)[C@@H](O)C[C@]4(C)[C@]3(C(=O)CO)O2)oc1C. The lowest BCUT2D eigenvalue weighted by molar-refractivity contribution is -0.267. The number of aliphatic hydroxyl groups is 2. The van der Waals surface area contributed by atoms with Gasteiger partial charge in [0.25, 0.3) is 0 Å². The second-order valence-electron chi connectivity index (χ2n) is 12.5. The van der Waals surface area contributed by atoms with Crippen LogP contribution in [0.5, 0.6) is 0 Å². The molecule has 3 fully saturated rings. The van der Waals surface area contributed by atoms with Gasteiger partial charge < -0.3 is 14.6 Å². The van der Waals surface area contributed by atoms with Crippen LogP contribution in [0.1, 0.15) is 56.6 Å². The molecule has 206 valence electrons. The van der Waals surface area contributed by atoms with Gasteiger partial charge in [-0.2, -0.15) is 5.06 Å². The number of halogens is 2. The van der Waals surface area contributed by atoms with Crippen molar-refractivity contribution in [3.8, 4) is 0 Å². The average molecular weight is 532 g/mol. The van der Waals surface area contributed by atoms with Crippen molar-refractivity contribution in [1.29, 1.82) is 0 Å². The minimum atomic E-state index is -2.22. The molecule has 1 aromatic heterocycles. The van der Waals surface area contributed by atoms with Crippen LogP contribution >= 0.6 is 0 Å². The number of hydrogen-bond acceptors (Lipinski definition) is 7. The normalized spacial score (nSPS) is 44.2. The lowest BCUT2D eigenvalue weighted by Gasteiger charge is -2.62. The highest BCUT2D eigenvalue weighted by Crippen LogP contribution is 2.72. The molecule has 0 aromatic carbocycles. The topological polar surface area (TPSA) is 100 Å². The van der Waals surface area contributed by atoms with E-state index in [9.17, 15) is 19.8 Å². The second kappa shape index (κ2) is 8.16. The first kappa shape index (κ1) is 26.0. The molecule has 0 spiro atoms. The number of alkyl halides is 1. The monoisotopic (exact) mass is 531 g/mol. The van der Waals surface area contributed by atoms with Crippen LogP contribution in [-0.2, 0) is 21.0 Å². The van der Waals surface area contributed by atoms with Gasteiger partial charge in [-0.1, -0.05) is 13.0 Å². The Morgan fingerprint density at radius 3 is 2.66 bits per heavy atom. The van der Waals surface area contributed by atoms with Gasteiger partial charge in [0.2, 0.25) is 0 Å². The van der Waals surface area contributed by atoms with Crippen molar-refractivity contribution < 1.29 is 37.8 Å². The van der Waals surface area contributed by atoms with Crippen LogP contribution in [0.4, 0.5) is 8.78 Å². The van der Waals surface area contributed by atoms with Gasteiger partial charge >= 0.3 is 0 Å². The number of fused-ring (bicyclic) bond motifs is 7. The van der Waals surface area contributed by atoms with Crippen LogP contribution in [0.2, 0.25) is 0 Å². The molecule has 2 saturated carbocycles. The summed E-state index contributed by atoms with van der Waals surface area (Å²) in [6.07, 6.45) is 1.03. The molecule has 5 aliphatic rings. The van der Waals surface area contributed by atoms with E-state index in [4.69, 9.17) is 9.25 Å². The van der Waals surface area contributed by atoms with Gasteiger partial charge in [-0.3, -0.25) is 14.4 Å². The number of hydrogen-bond donors (Lipinski definition) is 2. The number of aryl methyl sites for hydroxylation is 2. The first-order valence-corrected chi connectivity index (χ1v) is 13.4. The molecule has 6 rings (SSSR count). The van der Waals surface area contributed by atoms with Gasteiger partial charge in [0.15, 0.2) is 22.8 Å². The number of ketones is 2. The van der Waals surface area contributed by atoms with Crippen LogP contribution in [0.25, 0.3) is 0 Å². The molecule has 2 heterocycles. The molecular weight excluding hydrogens is 496 g/mol. The number of allylic oxidation sites excluding steroid dienone is 4. The fourth-order valence-corrected chi connectivity index (χ4v) is 8.91. The van der Waals surface area contributed by atoms with Crippen molar-refractivity contribution in [1.82, 2.24) is 5.06 Å². The van der Waals surface area contributed by atoms with Crippen molar-refractivity contribution in [2.45, 2.75) is 77.3 Å². The molecule has 38 heavy (non-hydrogen) atoms. The van der Waals surface area contributed by atoms with E-state index in [1.807, 2.05) is 26.8 Å². The Morgan fingerprint density at radius 2 is 2.00 bits per heavy atom. The number of Topliss-reactive ketones (excluding diaryl/α,β-unsaturated/α-hetero) is 1. The molecule has 1 aromatic rings. The van der Waals surface area contributed by atoms with Crippen LogP contribution in [0.15, 0.2) is 34.0 Å². The van der Waals surface area contributed by atoms with Crippen molar-refractivity contribution in [3.63, 3.8) is 0 Å². The van der Waals surface area contributed by atoms with Crippen molar-refractivity contribution in [2.24, 2.45) is 28.6 Å². The third kappa shape index (κ3) is 3.02. The number of furan rings is 1. The predicted octanol–water partition coefficient (Wildman–Crippen LogP) is 3.84. The van der Waals surface area contributed by atoms with Gasteiger partial charge in [0.1, 0.15) is 24.0 Å². The molecule has 7 nitrogen and oxygen atoms in total. The van der Waals surface area contributed by atoms with Crippen molar-refractivity contribution in [3.05, 3.63) is 46.7 Å². The lowest BCUT2D eigenvalue weighted by Crippen LogP contribution is -2.69.